The highest BCUT2D eigenvalue weighted by Crippen LogP contribution is 2.35. The van der Waals surface area contributed by atoms with Gasteiger partial charge in [0.2, 0.25) is 6.23 Å². The molecule has 4 N–H and O–H groups in total. The lowest BCUT2D eigenvalue weighted by Gasteiger charge is -2.32. The van der Waals surface area contributed by atoms with Crippen molar-refractivity contribution in [2.45, 2.75) is 39.5 Å². The Bertz CT molecular complexity index is 796. The van der Waals surface area contributed by atoms with E-state index in [-0.39, 0.29) is 24.2 Å². The number of pyridine rings is 1. The van der Waals surface area contributed by atoms with Crippen molar-refractivity contribution >= 4 is 23.2 Å². The third-order valence-electron chi connectivity index (χ3n) is 3.98. The Morgan fingerprint density at radius 3 is 2.88 bits per heavy atom. The van der Waals surface area contributed by atoms with Gasteiger partial charge in [-0.25, -0.2) is 0 Å². The van der Waals surface area contributed by atoms with Crippen molar-refractivity contribution in [2.24, 2.45) is 0 Å². The highest BCUT2D eigenvalue weighted by atomic mass is 16.5. The van der Waals surface area contributed by atoms with Crippen LogP contribution in [0.25, 0.3) is 0 Å². The Hall–Kier alpha value is -2.94. The summed E-state index contributed by atoms with van der Waals surface area (Å²) in [6.07, 6.45) is 2.09. The van der Waals surface area contributed by atoms with Crippen LogP contribution < -0.4 is 20.7 Å². The summed E-state index contributed by atoms with van der Waals surface area (Å²) < 4.78 is 5.53. The molecule has 0 bridgehead atoms. The molecule has 2 aromatic rings. The highest BCUT2D eigenvalue weighted by molar-refractivity contribution is 6.04. The maximum Gasteiger partial charge on any atom is 0.320 e. The Balaban J connectivity index is 1.94. The molecule has 1 unspecified atom stereocenters. The summed E-state index contributed by atoms with van der Waals surface area (Å²) in [5.74, 6) is -0.143. The van der Waals surface area contributed by atoms with Gasteiger partial charge in [0.1, 0.15) is 5.69 Å². The summed E-state index contributed by atoms with van der Waals surface area (Å²) in [6, 6.07) is 3.83. The Labute approximate surface area is 151 Å². The van der Waals surface area contributed by atoms with Gasteiger partial charge in [-0.1, -0.05) is 19.4 Å². The number of unbranched alkanes of at least 4 members (excludes halogenated alkanes) is 1. The van der Waals surface area contributed by atoms with E-state index in [1.165, 1.54) is 4.90 Å². The van der Waals surface area contributed by atoms with Crippen LogP contribution in [0.1, 0.15) is 31.0 Å². The molecule has 1 aliphatic heterocycles. The van der Waals surface area contributed by atoms with Crippen LogP contribution in [0.3, 0.4) is 0 Å². The number of hydrogen-bond donors (Lipinski definition) is 3. The number of rotatable bonds is 6. The number of amides is 1. The fourth-order valence-corrected chi connectivity index (χ4v) is 2.53. The van der Waals surface area contributed by atoms with E-state index in [2.05, 4.69) is 20.3 Å². The second kappa shape index (κ2) is 7.52. The SMILES string of the molecule is CCCCOc1nc(N)c2c(n1)N(Cc1ccc(C)nc1)C(=O)C(O)N2. The van der Waals surface area contributed by atoms with Crippen LogP contribution in [0, 0.1) is 6.92 Å². The number of aryl methyl sites for hydroxylation is 1. The third kappa shape index (κ3) is 3.67. The second-order valence-corrected chi connectivity index (χ2v) is 6.07. The summed E-state index contributed by atoms with van der Waals surface area (Å²) in [5, 5.41) is 12.7. The lowest BCUT2D eigenvalue weighted by molar-refractivity contribution is -0.125. The quantitative estimate of drug-likeness (QED) is 0.658. The fourth-order valence-electron chi connectivity index (χ4n) is 2.53. The number of fused-ring (bicyclic) bond motifs is 1. The molecule has 2 aromatic heterocycles. The molecule has 1 amide bonds. The Morgan fingerprint density at radius 2 is 2.19 bits per heavy atom. The first-order valence-electron chi connectivity index (χ1n) is 8.47. The summed E-state index contributed by atoms with van der Waals surface area (Å²) in [5.41, 5.74) is 7.95. The topological polar surface area (TPSA) is 126 Å². The summed E-state index contributed by atoms with van der Waals surface area (Å²) in [7, 11) is 0. The van der Waals surface area contributed by atoms with Crippen molar-refractivity contribution in [2.75, 3.05) is 22.6 Å². The highest BCUT2D eigenvalue weighted by Gasteiger charge is 2.35. The van der Waals surface area contributed by atoms with E-state index >= 15 is 0 Å². The first-order chi connectivity index (χ1) is 12.5. The van der Waals surface area contributed by atoms with Crippen molar-refractivity contribution in [3.8, 4) is 6.01 Å². The molecule has 0 aliphatic carbocycles. The zero-order valence-corrected chi connectivity index (χ0v) is 14.8. The maximum atomic E-state index is 12.5. The van der Waals surface area contributed by atoms with Crippen LogP contribution in [0.15, 0.2) is 18.3 Å². The van der Waals surface area contributed by atoms with Crippen LogP contribution in [-0.2, 0) is 11.3 Å². The second-order valence-electron chi connectivity index (χ2n) is 6.07. The molecule has 3 heterocycles. The maximum absolute atomic E-state index is 12.5. The van der Waals surface area contributed by atoms with Crippen LogP contribution >= 0.6 is 0 Å². The number of nitrogens with one attached hydrogen (secondary N) is 1. The van der Waals surface area contributed by atoms with E-state index in [9.17, 15) is 9.90 Å². The smallest absolute Gasteiger partial charge is 0.320 e. The van der Waals surface area contributed by atoms with Crippen LogP contribution in [0.5, 0.6) is 6.01 Å². The number of carbonyl (C=O) groups is 1. The van der Waals surface area contributed by atoms with Crippen molar-refractivity contribution < 1.29 is 14.6 Å². The minimum Gasteiger partial charge on any atom is -0.463 e. The Kier molecular flexibility index (Phi) is 5.17. The molecule has 9 heteroatoms. The van der Waals surface area contributed by atoms with E-state index in [0.717, 1.165) is 24.1 Å². The first-order valence-corrected chi connectivity index (χ1v) is 8.47. The predicted octanol–water partition coefficient (Wildman–Crippen LogP) is 1.22. The summed E-state index contributed by atoms with van der Waals surface area (Å²) >= 11 is 0. The number of hydrogen-bond acceptors (Lipinski definition) is 8. The van der Waals surface area contributed by atoms with Gasteiger partial charge in [-0.05, 0) is 25.0 Å². The van der Waals surface area contributed by atoms with Gasteiger partial charge in [-0.15, -0.1) is 0 Å². The molecule has 138 valence electrons. The molecule has 26 heavy (non-hydrogen) atoms. The van der Waals surface area contributed by atoms with Crippen LogP contribution in [0.2, 0.25) is 0 Å². The molecule has 0 spiro atoms. The lowest BCUT2D eigenvalue weighted by atomic mass is 10.2. The molecule has 3 rings (SSSR count). The molecule has 0 saturated carbocycles. The first kappa shape index (κ1) is 17.9. The number of nitrogens with zero attached hydrogens (tertiary/aromatic N) is 4. The Morgan fingerprint density at radius 1 is 1.38 bits per heavy atom. The largest absolute Gasteiger partial charge is 0.463 e. The van der Waals surface area contributed by atoms with Crippen LogP contribution in [-0.4, -0.2) is 38.8 Å². The molecule has 0 aromatic carbocycles. The molecular formula is C17H22N6O3. The zero-order chi connectivity index (χ0) is 18.7. The number of anilines is 3. The van der Waals surface area contributed by atoms with E-state index < -0.39 is 12.1 Å². The third-order valence-corrected chi connectivity index (χ3v) is 3.98. The zero-order valence-electron chi connectivity index (χ0n) is 14.8. The van der Waals surface area contributed by atoms with Crippen molar-refractivity contribution in [3.63, 3.8) is 0 Å². The normalized spacial score (nSPS) is 16.2. The summed E-state index contributed by atoms with van der Waals surface area (Å²) in [4.78, 5) is 26.5. The van der Waals surface area contributed by atoms with E-state index in [1.807, 2.05) is 26.0 Å². The van der Waals surface area contributed by atoms with Gasteiger partial charge in [0.05, 0.1) is 13.2 Å². The predicted molar refractivity (Wildman–Crippen MR) is 96.6 cm³/mol. The number of nitrogen functional groups attached to an aromatic ring is 1. The average molecular weight is 358 g/mol. The van der Waals surface area contributed by atoms with Crippen molar-refractivity contribution in [3.05, 3.63) is 29.6 Å². The molecule has 0 fully saturated rings. The van der Waals surface area contributed by atoms with Gasteiger partial charge in [-0.2, -0.15) is 9.97 Å². The van der Waals surface area contributed by atoms with Gasteiger partial charge in [0.25, 0.3) is 5.91 Å². The average Bonchev–Trinajstić information content (AvgIpc) is 2.62. The number of ether oxygens (including phenoxy) is 1. The fraction of sp³-hybridized carbons (Fsp3) is 0.412. The molecule has 0 saturated heterocycles. The minimum atomic E-state index is -1.42. The number of aromatic nitrogens is 3. The van der Waals surface area contributed by atoms with Crippen molar-refractivity contribution in [1.29, 1.82) is 0 Å². The number of aliphatic hydroxyl groups is 1. The van der Waals surface area contributed by atoms with Gasteiger partial charge in [0.15, 0.2) is 11.6 Å². The van der Waals surface area contributed by atoms with Gasteiger partial charge >= 0.3 is 6.01 Å². The standard InChI is InChI=1S/C17H22N6O3/c1-3-4-7-26-17-21-13(18)12-14(22-17)23(16(25)15(24)20-12)9-11-6-5-10(2)19-8-11/h5-6,8,15,20,24H,3-4,7,9H2,1-2H3,(H2,18,21,22). The van der Waals surface area contributed by atoms with E-state index in [0.29, 0.717) is 12.3 Å². The minimum absolute atomic E-state index is 0.104. The molecule has 0 radical (unpaired) electrons. The van der Waals surface area contributed by atoms with Crippen molar-refractivity contribution in [1.82, 2.24) is 15.0 Å². The van der Waals surface area contributed by atoms with E-state index in [4.69, 9.17) is 10.5 Å². The van der Waals surface area contributed by atoms with Gasteiger partial charge in [0, 0.05) is 11.9 Å². The number of aliphatic hydroxyl groups excluding tert-OH is 1. The lowest BCUT2D eigenvalue weighted by Crippen LogP contribution is -2.47. The number of nitrogens with two attached hydrogens (primary N) is 1. The van der Waals surface area contributed by atoms with Crippen LogP contribution in [0.4, 0.5) is 17.3 Å². The molecule has 9 nitrogen and oxygen atoms in total. The molecule has 1 aliphatic rings. The molecular weight excluding hydrogens is 336 g/mol. The van der Waals surface area contributed by atoms with E-state index in [1.54, 1.807) is 6.20 Å². The van der Waals surface area contributed by atoms with Gasteiger partial charge in [-0.3, -0.25) is 14.7 Å². The monoisotopic (exact) mass is 358 g/mol. The van der Waals surface area contributed by atoms with Gasteiger partial charge < -0.3 is 20.9 Å². The molecule has 1 atom stereocenters. The number of carbonyl (C=O) groups excluding carboxylic acids is 1. The summed E-state index contributed by atoms with van der Waals surface area (Å²) in [6.45, 7) is 4.59.